The van der Waals surface area contributed by atoms with Gasteiger partial charge in [0.1, 0.15) is 0 Å². The molecule has 0 saturated carbocycles. The van der Waals surface area contributed by atoms with Crippen LogP contribution in [0.1, 0.15) is 19.4 Å². The quantitative estimate of drug-likeness (QED) is 0.740. The minimum absolute atomic E-state index is 0.0899. The third-order valence-corrected chi connectivity index (χ3v) is 6.34. The van der Waals surface area contributed by atoms with E-state index in [0.29, 0.717) is 13.1 Å². The maximum absolute atomic E-state index is 12.5. The monoisotopic (exact) mass is 406 g/mol. The van der Waals surface area contributed by atoms with Crippen LogP contribution in [0.2, 0.25) is 0 Å². The Balaban J connectivity index is 1.46. The number of ether oxygens (including phenoxy) is 1. The van der Waals surface area contributed by atoms with E-state index in [2.05, 4.69) is 10.4 Å². The summed E-state index contributed by atoms with van der Waals surface area (Å²) >= 11 is 0. The molecule has 2 atom stereocenters. The maximum atomic E-state index is 12.5. The van der Waals surface area contributed by atoms with Crippen molar-refractivity contribution in [3.8, 4) is 5.69 Å². The molecule has 2 aromatic rings. The highest BCUT2D eigenvalue weighted by Crippen LogP contribution is 2.14. The van der Waals surface area contributed by atoms with Gasteiger partial charge in [0, 0.05) is 32.0 Å². The van der Waals surface area contributed by atoms with Crippen molar-refractivity contribution in [2.24, 2.45) is 0 Å². The van der Waals surface area contributed by atoms with E-state index in [-0.39, 0.29) is 36.8 Å². The van der Waals surface area contributed by atoms with Crippen LogP contribution in [0.5, 0.6) is 0 Å². The molecule has 28 heavy (non-hydrogen) atoms. The van der Waals surface area contributed by atoms with E-state index in [4.69, 9.17) is 4.74 Å². The second kappa shape index (κ2) is 8.85. The molecular weight excluding hydrogens is 380 g/mol. The molecule has 0 radical (unpaired) electrons. The molecular formula is C19H26N4O4S. The summed E-state index contributed by atoms with van der Waals surface area (Å²) in [5, 5.41) is 6.85. The van der Waals surface area contributed by atoms with Gasteiger partial charge < -0.3 is 10.1 Å². The zero-order chi connectivity index (χ0) is 20.1. The van der Waals surface area contributed by atoms with Crippen LogP contribution in [0.4, 0.5) is 0 Å². The average molecular weight is 407 g/mol. The topological polar surface area (TPSA) is 93.5 Å². The minimum Gasteiger partial charge on any atom is -0.373 e. The summed E-state index contributed by atoms with van der Waals surface area (Å²) in [5.41, 5.74) is 1.77. The van der Waals surface area contributed by atoms with Gasteiger partial charge in [0.2, 0.25) is 15.9 Å². The molecule has 1 N–H and O–H groups in total. The SMILES string of the molecule is C[C@@H]1CN(S(=O)(=O)CCNC(=O)Cc2ccc(-n3cccn3)cc2)C[C@H](C)O1. The molecule has 2 heterocycles. The zero-order valence-electron chi connectivity index (χ0n) is 16.1. The maximum Gasteiger partial charge on any atom is 0.224 e. The number of carbonyl (C=O) groups is 1. The lowest BCUT2D eigenvalue weighted by Crippen LogP contribution is -2.49. The summed E-state index contributed by atoms with van der Waals surface area (Å²) in [7, 11) is -3.42. The Morgan fingerprint density at radius 2 is 1.89 bits per heavy atom. The third-order valence-electron chi connectivity index (χ3n) is 4.53. The Hall–Kier alpha value is -2.23. The van der Waals surface area contributed by atoms with Gasteiger partial charge in [-0.05, 0) is 37.6 Å². The number of aromatic nitrogens is 2. The number of nitrogens with one attached hydrogen (secondary N) is 1. The predicted octanol–water partition coefficient (Wildman–Crippen LogP) is 0.970. The normalized spacial score (nSPS) is 20.8. The molecule has 1 aromatic carbocycles. The third kappa shape index (κ3) is 5.40. The number of sulfonamides is 1. The van der Waals surface area contributed by atoms with E-state index >= 15 is 0 Å². The van der Waals surface area contributed by atoms with E-state index in [1.165, 1.54) is 4.31 Å². The Kier molecular flexibility index (Phi) is 6.48. The smallest absolute Gasteiger partial charge is 0.224 e. The first-order valence-electron chi connectivity index (χ1n) is 9.32. The van der Waals surface area contributed by atoms with E-state index in [1.807, 2.05) is 50.4 Å². The van der Waals surface area contributed by atoms with Crippen LogP contribution in [-0.2, 0) is 26.0 Å². The largest absolute Gasteiger partial charge is 0.373 e. The molecule has 1 aliphatic rings. The molecule has 0 unspecified atom stereocenters. The predicted molar refractivity (Wildman–Crippen MR) is 106 cm³/mol. The number of nitrogens with zero attached hydrogens (tertiary/aromatic N) is 3. The standard InChI is InChI=1S/C19H26N4O4S/c1-15-13-22(14-16(2)27-15)28(25,26)11-9-20-19(24)12-17-4-6-18(7-5-17)23-10-3-8-21-23/h3-8,10,15-16H,9,11-14H2,1-2H3,(H,20,24)/t15-,16+. The summed E-state index contributed by atoms with van der Waals surface area (Å²) in [5.74, 6) is -0.318. The first-order chi connectivity index (χ1) is 13.3. The van der Waals surface area contributed by atoms with Crippen LogP contribution in [0.15, 0.2) is 42.7 Å². The molecule has 1 fully saturated rings. The van der Waals surface area contributed by atoms with Gasteiger partial charge in [0.25, 0.3) is 0 Å². The summed E-state index contributed by atoms with van der Waals surface area (Å²) in [6.07, 6.45) is 3.49. The second-order valence-corrected chi connectivity index (χ2v) is 9.12. The van der Waals surface area contributed by atoms with Crippen molar-refractivity contribution in [2.75, 3.05) is 25.4 Å². The summed E-state index contributed by atoms with van der Waals surface area (Å²) in [4.78, 5) is 12.1. The van der Waals surface area contributed by atoms with Gasteiger partial charge in [-0.15, -0.1) is 0 Å². The fourth-order valence-electron chi connectivity index (χ4n) is 3.24. The Morgan fingerprint density at radius 1 is 1.21 bits per heavy atom. The summed E-state index contributed by atoms with van der Waals surface area (Å²) < 4.78 is 33.7. The van der Waals surface area contributed by atoms with Crippen molar-refractivity contribution < 1.29 is 17.9 Å². The van der Waals surface area contributed by atoms with Crippen LogP contribution in [0.3, 0.4) is 0 Å². The molecule has 1 aromatic heterocycles. The molecule has 1 saturated heterocycles. The zero-order valence-corrected chi connectivity index (χ0v) is 16.9. The van der Waals surface area contributed by atoms with Gasteiger partial charge in [-0.25, -0.2) is 13.1 Å². The van der Waals surface area contributed by atoms with Crippen molar-refractivity contribution in [3.05, 3.63) is 48.3 Å². The number of rotatable bonds is 7. The fraction of sp³-hybridized carbons (Fsp3) is 0.474. The Bertz CT molecular complexity index is 871. The first-order valence-corrected chi connectivity index (χ1v) is 10.9. The van der Waals surface area contributed by atoms with Gasteiger partial charge in [-0.2, -0.15) is 9.40 Å². The van der Waals surface area contributed by atoms with Crippen molar-refractivity contribution in [1.29, 1.82) is 0 Å². The lowest BCUT2D eigenvalue weighted by molar-refractivity contribution is -0.120. The van der Waals surface area contributed by atoms with E-state index < -0.39 is 10.0 Å². The van der Waals surface area contributed by atoms with Crippen LogP contribution in [0, 0.1) is 0 Å². The summed E-state index contributed by atoms with van der Waals surface area (Å²) in [6, 6.07) is 9.35. The number of morpholine rings is 1. The average Bonchev–Trinajstić information content (AvgIpc) is 3.16. The number of carbonyl (C=O) groups excluding carboxylic acids is 1. The van der Waals surface area contributed by atoms with Crippen molar-refractivity contribution in [1.82, 2.24) is 19.4 Å². The van der Waals surface area contributed by atoms with E-state index in [9.17, 15) is 13.2 Å². The lowest BCUT2D eigenvalue weighted by Gasteiger charge is -2.34. The number of benzene rings is 1. The van der Waals surface area contributed by atoms with Gasteiger partial charge in [0.05, 0.1) is 30.1 Å². The molecule has 0 bridgehead atoms. The van der Waals surface area contributed by atoms with Gasteiger partial charge in [-0.1, -0.05) is 12.1 Å². The van der Waals surface area contributed by atoms with Crippen molar-refractivity contribution >= 4 is 15.9 Å². The molecule has 1 aliphatic heterocycles. The van der Waals surface area contributed by atoms with Crippen LogP contribution >= 0.6 is 0 Å². The fourth-order valence-corrected chi connectivity index (χ4v) is 4.73. The van der Waals surface area contributed by atoms with Crippen LogP contribution < -0.4 is 5.32 Å². The van der Waals surface area contributed by atoms with Crippen LogP contribution in [0.25, 0.3) is 5.69 Å². The highest BCUT2D eigenvalue weighted by Gasteiger charge is 2.30. The molecule has 9 heteroatoms. The van der Waals surface area contributed by atoms with Gasteiger partial charge in [-0.3, -0.25) is 4.79 Å². The summed E-state index contributed by atoms with van der Waals surface area (Å²) in [6.45, 7) is 4.51. The van der Waals surface area contributed by atoms with Crippen molar-refractivity contribution in [2.45, 2.75) is 32.5 Å². The number of amides is 1. The highest BCUT2D eigenvalue weighted by molar-refractivity contribution is 7.89. The molecule has 3 rings (SSSR count). The molecule has 1 amide bonds. The van der Waals surface area contributed by atoms with E-state index in [0.717, 1.165) is 11.3 Å². The Labute approximate surface area is 165 Å². The lowest BCUT2D eigenvalue weighted by atomic mass is 10.1. The molecule has 152 valence electrons. The van der Waals surface area contributed by atoms with E-state index in [1.54, 1.807) is 10.9 Å². The second-order valence-electron chi connectivity index (χ2n) is 7.03. The molecule has 0 aliphatic carbocycles. The highest BCUT2D eigenvalue weighted by atomic mass is 32.2. The van der Waals surface area contributed by atoms with Gasteiger partial charge in [0.15, 0.2) is 0 Å². The number of hydrogen-bond acceptors (Lipinski definition) is 5. The Morgan fingerprint density at radius 3 is 2.50 bits per heavy atom. The van der Waals surface area contributed by atoms with Crippen LogP contribution in [-0.4, -0.2) is 66.0 Å². The number of hydrogen-bond donors (Lipinski definition) is 1. The first kappa shape index (κ1) is 20.5. The molecule has 0 spiro atoms. The molecule has 8 nitrogen and oxygen atoms in total. The van der Waals surface area contributed by atoms with Crippen molar-refractivity contribution in [3.63, 3.8) is 0 Å². The minimum atomic E-state index is -3.42. The van der Waals surface area contributed by atoms with Gasteiger partial charge >= 0.3 is 0 Å².